The number of carbonyl (C=O) groups excluding carboxylic acids is 4. The Hall–Kier alpha value is -4.46. The smallest absolute Gasteiger partial charge is 0.310 e. The summed E-state index contributed by atoms with van der Waals surface area (Å²) in [5.41, 5.74) is 1.76. The average Bonchev–Trinajstić information content (AvgIpc) is 2.86. The summed E-state index contributed by atoms with van der Waals surface area (Å²) in [6, 6.07) is 16.2. The zero-order valence-corrected chi connectivity index (χ0v) is 18.5. The minimum atomic E-state index is -0.631. The summed E-state index contributed by atoms with van der Waals surface area (Å²) in [6.45, 7) is -0.547. The van der Waals surface area contributed by atoms with Crippen molar-refractivity contribution < 1.29 is 33.4 Å². The molecule has 0 fully saturated rings. The molecule has 172 valence electrons. The van der Waals surface area contributed by atoms with Crippen LogP contribution in [0, 0.1) is 0 Å². The predicted molar refractivity (Wildman–Crippen MR) is 123 cm³/mol. The van der Waals surface area contributed by atoms with E-state index in [-0.39, 0.29) is 40.4 Å². The van der Waals surface area contributed by atoms with Gasteiger partial charge in [0.1, 0.15) is 0 Å². The van der Waals surface area contributed by atoms with Crippen LogP contribution >= 0.6 is 0 Å². The zero-order chi connectivity index (χ0) is 24.2. The molecule has 0 atom stereocenters. The van der Waals surface area contributed by atoms with Gasteiger partial charge in [-0.1, -0.05) is 42.5 Å². The maximum atomic E-state index is 13.0. The quantitative estimate of drug-likeness (QED) is 0.423. The Bertz CT molecular complexity index is 1310. The van der Waals surface area contributed by atoms with Gasteiger partial charge in [-0.15, -0.1) is 0 Å². The molecular weight excluding hydrogens is 438 g/mol. The number of anilines is 1. The number of hydrogen-bond donors (Lipinski definition) is 1. The third-order valence-electron chi connectivity index (χ3n) is 5.39. The highest BCUT2D eigenvalue weighted by Gasteiger charge is 2.31. The number of amides is 1. The molecule has 0 bridgehead atoms. The highest BCUT2D eigenvalue weighted by atomic mass is 16.5. The van der Waals surface area contributed by atoms with Gasteiger partial charge in [0.05, 0.1) is 31.9 Å². The predicted octanol–water partition coefficient (Wildman–Crippen LogP) is 3.20. The standard InChI is InChI=1S/C26H21NO7/c1-32-20-11-10-15(12-21(20)33-2)13-23(29)34-14-22(28)27-19-9-5-8-18-24(19)26(31)17-7-4-3-6-16(17)25(18)30/h3-12H,13-14H2,1-2H3,(H,27,28). The summed E-state index contributed by atoms with van der Waals surface area (Å²) in [4.78, 5) is 50.5. The molecule has 0 aliphatic heterocycles. The van der Waals surface area contributed by atoms with E-state index in [4.69, 9.17) is 14.2 Å². The lowest BCUT2D eigenvalue weighted by Gasteiger charge is -2.20. The van der Waals surface area contributed by atoms with E-state index >= 15 is 0 Å². The van der Waals surface area contributed by atoms with Gasteiger partial charge in [-0.2, -0.15) is 0 Å². The van der Waals surface area contributed by atoms with Crippen LogP contribution in [0.5, 0.6) is 11.5 Å². The van der Waals surface area contributed by atoms with Crippen molar-refractivity contribution in [2.75, 3.05) is 26.1 Å². The molecule has 0 heterocycles. The highest BCUT2D eigenvalue weighted by molar-refractivity contribution is 6.30. The van der Waals surface area contributed by atoms with E-state index in [1.165, 1.54) is 20.3 Å². The first-order valence-electron chi connectivity index (χ1n) is 10.4. The fourth-order valence-electron chi connectivity index (χ4n) is 3.79. The van der Waals surface area contributed by atoms with Crippen molar-refractivity contribution in [1.82, 2.24) is 0 Å². The summed E-state index contributed by atoms with van der Waals surface area (Å²) >= 11 is 0. The molecule has 1 amide bonds. The van der Waals surface area contributed by atoms with Crippen LogP contribution in [0.2, 0.25) is 0 Å². The third-order valence-corrected chi connectivity index (χ3v) is 5.39. The van der Waals surface area contributed by atoms with Crippen molar-refractivity contribution >= 4 is 29.1 Å². The van der Waals surface area contributed by atoms with Crippen molar-refractivity contribution in [2.24, 2.45) is 0 Å². The summed E-state index contributed by atoms with van der Waals surface area (Å²) < 4.78 is 15.5. The van der Waals surface area contributed by atoms with Crippen LogP contribution in [-0.2, 0) is 20.7 Å². The molecule has 3 aromatic rings. The van der Waals surface area contributed by atoms with E-state index in [2.05, 4.69) is 5.32 Å². The molecule has 4 rings (SSSR count). The van der Waals surface area contributed by atoms with Gasteiger partial charge < -0.3 is 19.5 Å². The van der Waals surface area contributed by atoms with Gasteiger partial charge in [-0.05, 0) is 23.8 Å². The molecule has 0 aromatic heterocycles. The molecule has 1 N–H and O–H groups in total. The molecule has 34 heavy (non-hydrogen) atoms. The second-order valence-electron chi connectivity index (χ2n) is 7.51. The van der Waals surface area contributed by atoms with Crippen LogP contribution < -0.4 is 14.8 Å². The van der Waals surface area contributed by atoms with Crippen LogP contribution in [0.3, 0.4) is 0 Å². The monoisotopic (exact) mass is 459 g/mol. The van der Waals surface area contributed by atoms with Crippen LogP contribution in [-0.4, -0.2) is 44.3 Å². The van der Waals surface area contributed by atoms with Crippen LogP contribution in [0.15, 0.2) is 60.7 Å². The first-order chi connectivity index (χ1) is 16.4. The van der Waals surface area contributed by atoms with Crippen molar-refractivity contribution in [3.05, 3.63) is 88.5 Å². The number of ether oxygens (including phenoxy) is 3. The van der Waals surface area contributed by atoms with E-state index in [9.17, 15) is 19.2 Å². The lowest BCUT2D eigenvalue weighted by molar-refractivity contribution is -0.146. The number of methoxy groups -OCH3 is 2. The van der Waals surface area contributed by atoms with Crippen molar-refractivity contribution in [3.63, 3.8) is 0 Å². The number of fused-ring (bicyclic) bond motifs is 2. The van der Waals surface area contributed by atoms with E-state index in [1.807, 2.05) is 0 Å². The van der Waals surface area contributed by atoms with Gasteiger partial charge in [0, 0.05) is 16.7 Å². The Balaban J connectivity index is 1.42. The lowest BCUT2D eigenvalue weighted by atomic mass is 9.83. The molecular formula is C26H21NO7. The van der Waals surface area contributed by atoms with Crippen molar-refractivity contribution in [1.29, 1.82) is 0 Å². The van der Waals surface area contributed by atoms with E-state index in [0.29, 0.717) is 22.6 Å². The second kappa shape index (κ2) is 9.58. The van der Waals surface area contributed by atoms with Gasteiger partial charge in [0.15, 0.2) is 29.7 Å². The number of hydrogen-bond acceptors (Lipinski definition) is 7. The van der Waals surface area contributed by atoms with Crippen LogP contribution in [0.1, 0.15) is 37.4 Å². The molecule has 0 spiro atoms. The van der Waals surface area contributed by atoms with Crippen LogP contribution in [0.25, 0.3) is 0 Å². The molecule has 8 heteroatoms. The first-order valence-corrected chi connectivity index (χ1v) is 10.4. The maximum absolute atomic E-state index is 13.0. The zero-order valence-electron chi connectivity index (χ0n) is 18.5. The summed E-state index contributed by atoms with van der Waals surface area (Å²) in [5, 5.41) is 2.58. The van der Waals surface area contributed by atoms with E-state index in [1.54, 1.807) is 54.6 Å². The topological polar surface area (TPSA) is 108 Å². The Morgan fingerprint density at radius 2 is 1.47 bits per heavy atom. The summed E-state index contributed by atoms with van der Waals surface area (Å²) in [6.07, 6.45) is -0.0713. The number of carbonyl (C=O) groups is 4. The minimum Gasteiger partial charge on any atom is -0.493 e. The van der Waals surface area contributed by atoms with Gasteiger partial charge in [0.25, 0.3) is 5.91 Å². The maximum Gasteiger partial charge on any atom is 0.310 e. The largest absolute Gasteiger partial charge is 0.493 e. The Morgan fingerprint density at radius 1 is 0.794 bits per heavy atom. The van der Waals surface area contributed by atoms with Crippen LogP contribution in [0.4, 0.5) is 5.69 Å². The Kier molecular flexibility index (Phi) is 6.40. The SMILES string of the molecule is COc1ccc(CC(=O)OCC(=O)Nc2cccc3c2C(=O)c2ccccc2C3=O)cc1OC. The minimum absolute atomic E-state index is 0.0713. The molecule has 0 saturated carbocycles. The van der Waals surface area contributed by atoms with Crippen molar-refractivity contribution in [3.8, 4) is 11.5 Å². The summed E-state index contributed by atoms with van der Waals surface area (Å²) in [5.74, 6) is -0.888. The van der Waals surface area contributed by atoms with Gasteiger partial charge >= 0.3 is 5.97 Å². The number of benzene rings is 3. The average molecular weight is 459 g/mol. The Morgan fingerprint density at radius 3 is 2.18 bits per heavy atom. The van der Waals surface area contributed by atoms with Gasteiger partial charge in [-0.25, -0.2) is 0 Å². The third kappa shape index (κ3) is 4.38. The number of nitrogens with one attached hydrogen (secondary N) is 1. The molecule has 0 saturated heterocycles. The summed E-state index contributed by atoms with van der Waals surface area (Å²) in [7, 11) is 3.00. The van der Waals surface area contributed by atoms with Gasteiger partial charge in [0.2, 0.25) is 0 Å². The first kappa shape index (κ1) is 22.7. The van der Waals surface area contributed by atoms with E-state index in [0.717, 1.165) is 0 Å². The Labute approximate surface area is 195 Å². The van der Waals surface area contributed by atoms with Gasteiger partial charge in [-0.3, -0.25) is 19.2 Å². The number of ketones is 2. The number of rotatable bonds is 7. The molecule has 3 aromatic carbocycles. The van der Waals surface area contributed by atoms with Crippen molar-refractivity contribution in [2.45, 2.75) is 6.42 Å². The second-order valence-corrected chi connectivity index (χ2v) is 7.51. The van der Waals surface area contributed by atoms with E-state index < -0.39 is 18.5 Å². The molecule has 0 radical (unpaired) electrons. The fraction of sp³-hybridized carbons (Fsp3) is 0.154. The highest BCUT2D eigenvalue weighted by Crippen LogP contribution is 2.32. The molecule has 0 unspecified atom stereocenters. The molecule has 1 aliphatic rings. The normalized spacial score (nSPS) is 11.8. The fourth-order valence-corrected chi connectivity index (χ4v) is 3.79. The number of esters is 1. The lowest BCUT2D eigenvalue weighted by Crippen LogP contribution is -2.26. The molecule has 1 aliphatic carbocycles. The molecule has 8 nitrogen and oxygen atoms in total.